The van der Waals surface area contributed by atoms with E-state index in [4.69, 9.17) is 4.74 Å². The van der Waals surface area contributed by atoms with Crippen LogP contribution in [0.25, 0.3) is 0 Å². The monoisotopic (exact) mass is 237 g/mol. The van der Waals surface area contributed by atoms with Crippen LogP contribution in [0.4, 0.5) is 0 Å². The molecule has 0 radical (unpaired) electrons. The highest BCUT2D eigenvalue weighted by Gasteiger charge is 2.16. The molecule has 0 saturated carbocycles. The highest BCUT2D eigenvalue weighted by molar-refractivity contribution is 5.33. The van der Waals surface area contributed by atoms with Crippen LogP contribution in [0.2, 0.25) is 0 Å². The van der Waals surface area contributed by atoms with E-state index in [0.717, 1.165) is 25.1 Å². The number of aliphatic hydroxyl groups is 1. The maximum Gasteiger partial charge on any atom is 0.122 e. The lowest BCUT2D eigenvalue weighted by molar-refractivity contribution is 0.0561. The van der Waals surface area contributed by atoms with Crippen LogP contribution in [-0.4, -0.2) is 30.9 Å². The van der Waals surface area contributed by atoms with Crippen molar-refractivity contribution < 1.29 is 9.84 Å². The van der Waals surface area contributed by atoms with Crippen LogP contribution in [0.15, 0.2) is 24.3 Å². The summed E-state index contributed by atoms with van der Waals surface area (Å²) in [4.78, 5) is 0. The van der Waals surface area contributed by atoms with Crippen molar-refractivity contribution in [2.75, 3.05) is 20.2 Å². The molecule has 1 aromatic rings. The molecule has 0 heterocycles. The van der Waals surface area contributed by atoms with E-state index in [1.165, 1.54) is 5.56 Å². The number of nitrogens with one attached hydrogen (secondary N) is 1. The van der Waals surface area contributed by atoms with Crippen molar-refractivity contribution in [1.82, 2.24) is 5.32 Å². The summed E-state index contributed by atoms with van der Waals surface area (Å²) in [5.74, 6) is 0.927. The summed E-state index contributed by atoms with van der Waals surface area (Å²) in [7, 11) is 1.69. The van der Waals surface area contributed by atoms with E-state index in [1.54, 1.807) is 7.11 Å². The Hall–Kier alpha value is -1.06. The molecule has 1 rings (SSSR count). The molecular weight excluding hydrogens is 214 g/mol. The molecular formula is C14H23NO2. The normalized spacial score (nSPS) is 14.4. The molecule has 96 valence electrons. The van der Waals surface area contributed by atoms with Gasteiger partial charge in [0.1, 0.15) is 5.75 Å². The zero-order valence-corrected chi connectivity index (χ0v) is 11.0. The van der Waals surface area contributed by atoms with E-state index in [2.05, 4.69) is 11.4 Å². The molecule has 0 aliphatic heterocycles. The second-order valence-electron chi connectivity index (χ2n) is 4.59. The second kappa shape index (κ2) is 6.62. The number of para-hydroxylation sites is 1. The Morgan fingerprint density at radius 1 is 1.35 bits per heavy atom. The second-order valence-corrected chi connectivity index (χ2v) is 4.59. The lowest BCUT2D eigenvalue weighted by Crippen LogP contribution is -2.37. The summed E-state index contributed by atoms with van der Waals surface area (Å²) in [6.45, 7) is 5.31. The molecule has 0 saturated heterocycles. The van der Waals surface area contributed by atoms with Crippen molar-refractivity contribution in [3.8, 4) is 5.75 Å². The Labute approximate surface area is 104 Å². The van der Waals surface area contributed by atoms with Crippen LogP contribution in [-0.2, 0) is 6.42 Å². The maximum absolute atomic E-state index is 9.83. The molecule has 0 aromatic heterocycles. The lowest BCUT2D eigenvalue weighted by Gasteiger charge is -2.21. The van der Waals surface area contributed by atoms with E-state index in [1.807, 2.05) is 32.0 Å². The van der Waals surface area contributed by atoms with Gasteiger partial charge in [-0.1, -0.05) is 25.1 Å². The minimum Gasteiger partial charge on any atom is -0.496 e. The van der Waals surface area contributed by atoms with E-state index in [0.29, 0.717) is 6.54 Å². The van der Waals surface area contributed by atoms with Crippen molar-refractivity contribution in [3.63, 3.8) is 0 Å². The molecule has 0 aliphatic carbocycles. The quantitative estimate of drug-likeness (QED) is 0.713. The zero-order valence-electron chi connectivity index (χ0n) is 11.0. The van der Waals surface area contributed by atoms with Gasteiger partial charge >= 0.3 is 0 Å². The third kappa shape index (κ3) is 4.75. The molecule has 1 atom stereocenters. The summed E-state index contributed by atoms with van der Waals surface area (Å²) in [5.41, 5.74) is 0.583. The summed E-state index contributed by atoms with van der Waals surface area (Å²) in [5, 5.41) is 13.1. The Balaban J connectivity index is 2.36. The Morgan fingerprint density at radius 2 is 2.06 bits per heavy atom. The lowest BCUT2D eigenvalue weighted by atomic mass is 10.0. The molecule has 3 heteroatoms. The first kappa shape index (κ1) is 14.0. The van der Waals surface area contributed by atoms with Crippen LogP contribution in [0, 0.1) is 0 Å². The highest BCUT2D eigenvalue weighted by atomic mass is 16.5. The third-order valence-electron chi connectivity index (χ3n) is 3.03. The van der Waals surface area contributed by atoms with E-state index >= 15 is 0 Å². The van der Waals surface area contributed by atoms with Gasteiger partial charge in [0.25, 0.3) is 0 Å². The van der Waals surface area contributed by atoms with E-state index < -0.39 is 5.60 Å². The average molecular weight is 237 g/mol. The first-order valence-corrected chi connectivity index (χ1v) is 6.14. The van der Waals surface area contributed by atoms with Gasteiger partial charge in [-0.3, -0.25) is 0 Å². The number of benzene rings is 1. The maximum atomic E-state index is 9.83. The molecule has 0 bridgehead atoms. The predicted octanol–water partition coefficient (Wildman–Crippen LogP) is 1.99. The first-order chi connectivity index (χ1) is 8.09. The molecule has 1 aromatic carbocycles. The number of hydrogen-bond donors (Lipinski definition) is 2. The standard InChI is InChI=1S/C14H23NO2/c1-4-14(2,16)11-15-10-9-12-7-5-6-8-13(12)17-3/h5-8,15-16H,4,9-11H2,1-3H3. The van der Waals surface area contributed by atoms with Crippen molar-refractivity contribution in [2.45, 2.75) is 32.3 Å². The predicted molar refractivity (Wildman–Crippen MR) is 70.5 cm³/mol. The molecule has 17 heavy (non-hydrogen) atoms. The van der Waals surface area contributed by atoms with Crippen LogP contribution >= 0.6 is 0 Å². The van der Waals surface area contributed by atoms with Gasteiger partial charge in [-0.25, -0.2) is 0 Å². The number of hydrogen-bond acceptors (Lipinski definition) is 3. The Bertz CT molecular complexity index is 337. The van der Waals surface area contributed by atoms with Gasteiger partial charge < -0.3 is 15.2 Å². The van der Waals surface area contributed by atoms with Crippen molar-refractivity contribution >= 4 is 0 Å². The van der Waals surface area contributed by atoms with Crippen LogP contribution < -0.4 is 10.1 Å². The van der Waals surface area contributed by atoms with Crippen molar-refractivity contribution in [2.24, 2.45) is 0 Å². The van der Waals surface area contributed by atoms with Gasteiger partial charge in [-0.15, -0.1) is 0 Å². The molecule has 3 nitrogen and oxygen atoms in total. The molecule has 1 unspecified atom stereocenters. The molecule has 0 fully saturated rings. The number of methoxy groups -OCH3 is 1. The summed E-state index contributed by atoms with van der Waals surface area (Å²) < 4.78 is 5.29. The minimum absolute atomic E-state index is 0.610. The minimum atomic E-state index is -0.610. The SMILES string of the molecule is CCC(C)(O)CNCCc1ccccc1OC. The Morgan fingerprint density at radius 3 is 2.71 bits per heavy atom. The Kier molecular flexibility index (Phi) is 5.45. The topological polar surface area (TPSA) is 41.5 Å². The highest BCUT2D eigenvalue weighted by Crippen LogP contribution is 2.17. The molecule has 0 aliphatic rings. The van der Waals surface area contributed by atoms with Crippen LogP contribution in [0.1, 0.15) is 25.8 Å². The van der Waals surface area contributed by atoms with Gasteiger partial charge in [0.2, 0.25) is 0 Å². The third-order valence-corrected chi connectivity index (χ3v) is 3.03. The molecule has 2 N–H and O–H groups in total. The van der Waals surface area contributed by atoms with Gasteiger partial charge in [0, 0.05) is 6.54 Å². The fourth-order valence-corrected chi connectivity index (χ4v) is 1.62. The largest absolute Gasteiger partial charge is 0.496 e. The smallest absolute Gasteiger partial charge is 0.122 e. The van der Waals surface area contributed by atoms with Crippen LogP contribution in [0.5, 0.6) is 5.75 Å². The van der Waals surface area contributed by atoms with E-state index in [-0.39, 0.29) is 0 Å². The summed E-state index contributed by atoms with van der Waals surface area (Å²) >= 11 is 0. The molecule has 0 spiro atoms. The van der Waals surface area contributed by atoms with Gasteiger partial charge in [0.15, 0.2) is 0 Å². The van der Waals surface area contributed by atoms with Crippen LogP contribution in [0.3, 0.4) is 0 Å². The molecule has 0 amide bonds. The zero-order chi connectivity index (χ0) is 12.7. The number of rotatable bonds is 7. The van der Waals surface area contributed by atoms with Gasteiger partial charge in [-0.05, 0) is 37.9 Å². The van der Waals surface area contributed by atoms with Gasteiger partial charge in [-0.2, -0.15) is 0 Å². The summed E-state index contributed by atoms with van der Waals surface area (Å²) in [6.07, 6.45) is 1.67. The van der Waals surface area contributed by atoms with E-state index in [9.17, 15) is 5.11 Å². The fourth-order valence-electron chi connectivity index (χ4n) is 1.62. The number of ether oxygens (including phenoxy) is 1. The van der Waals surface area contributed by atoms with Crippen molar-refractivity contribution in [1.29, 1.82) is 0 Å². The average Bonchev–Trinajstić information content (AvgIpc) is 2.35. The van der Waals surface area contributed by atoms with Crippen molar-refractivity contribution in [3.05, 3.63) is 29.8 Å². The summed E-state index contributed by atoms with van der Waals surface area (Å²) in [6, 6.07) is 8.02. The first-order valence-electron chi connectivity index (χ1n) is 6.14. The van der Waals surface area contributed by atoms with Gasteiger partial charge in [0.05, 0.1) is 12.7 Å². The fraction of sp³-hybridized carbons (Fsp3) is 0.571.